The number of amides is 1. The second-order valence-electron chi connectivity index (χ2n) is 9.48. The van der Waals surface area contributed by atoms with Crippen LogP contribution in [0.5, 0.6) is 5.88 Å². The summed E-state index contributed by atoms with van der Waals surface area (Å²) in [5.74, 6) is -1.81. The predicted molar refractivity (Wildman–Crippen MR) is 156 cm³/mol. The second-order valence-corrected chi connectivity index (χ2v) is 9.48. The van der Waals surface area contributed by atoms with Crippen LogP contribution in [0, 0.1) is 0 Å². The molecule has 5 aromatic rings. The number of aliphatic carboxylic acids is 1. The highest BCUT2D eigenvalue weighted by Gasteiger charge is 2.21. The Morgan fingerprint density at radius 2 is 1.79 bits per heavy atom. The van der Waals surface area contributed by atoms with E-state index >= 15 is 0 Å². The summed E-state index contributed by atoms with van der Waals surface area (Å²) < 4.78 is 1.19. The van der Waals surface area contributed by atoms with Crippen molar-refractivity contribution < 1.29 is 19.8 Å². The zero-order chi connectivity index (χ0) is 29.8. The minimum atomic E-state index is -1.21. The molecular formula is C28H27N9O5. The first-order chi connectivity index (χ1) is 20.2. The lowest BCUT2D eigenvalue weighted by Gasteiger charge is -2.16. The Bertz CT molecular complexity index is 1860. The van der Waals surface area contributed by atoms with Crippen LogP contribution in [-0.4, -0.2) is 52.6 Å². The molecule has 0 spiro atoms. The van der Waals surface area contributed by atoms with Crippen molar-refractivity contribution in [1.29, 1.82) is 0 Å². The minimum Gasteiger partial charge on any atom is -0.494 e. The summed E-state index contributed by atoms with van der Waals surface area (Å²) in [6.45, 7) is 0.389. The molecule has 0 saturated heterocycles. The van der Waals surface area contributed by atoms with Gasteiger partial charge in [0.15, 0.2) is 17.0 Å². The Morgan fingerprint density at radius 1 is 1.02 bits per heavy atom. The number of carboxylic acids is 1. The van der Waals surface area contributed by atoms with Gasteiger partial charge in [0.2, 0.25) is 11.8 Å². The number of carboxylic acid groups (broad SMARTS) is 1. The molecule has 0 aliphatic heterocycles. The second kappa shape index (κ2) is 11.8. The van der Waals surface area contributed by atoms with E-state index in [-0.39, 0.29) is 42.6 Å². The fourth-order valence-electron chi connectivity index (χ4n) is 4.46. The fourth-order valence-corrected chi connectivity index (χ4v) is 4.46. The van der Waals surface area contributed by atoms with Crippen molar-refractivity contribution in [3.8, 4) is 5.88 Å². The Hall–Kier alpha value is -5.79. The molecule has 3 heterocycles. The van der Waals surface area contributed by atoms with Gasteiger partial charge in [-0.05, 0) is 48.6 Å². The monoisotopic (exact) mass is 569 g/mol. The standard InChI is InChI=1S/C28H27N9O5/c29-23-22-24(36-28(30)35-23)32-14-18(33-22)13-31-17-9-7-15(8-10-17)25(39)34-20(27(41)42)6-3-11-37-21(38)12-16-4-1-2-5-19(16)26(37)40/h1-2,4-5,7-10,12,14,20,31,40H,3,6,11,13H2,(H,34,39)(H,41,42)(H4,29,30,32,35,36)/t20-/m0/s1. The summed E-state index contributed by atoms with van der Waals surface area (Å²) >= 11 is 0. The average molecular weight is 570 g/mol. The molecule has 0 saturated carbocycles. The topological polar surface area (TPSA) is 224 Å². The summed E-state index contributed by atoms with van der Waals surface area (Å²) in [5.41, 5.74) is 13.2. The number of benzene rings is 2. The summed E-state index contributed by atoms with van der Waals surface area (Å²) in [5, 5.41) is 27.0. The van der Waals surface area contributed by atoms with Gasteiger partial charge in [-0.3, -0.25) is 14.2 Å². The third kappa shape index (κ3) is 6.01. The van der Waals surface area contributed by atoms with Crippen LogP contribution in [0.15, 0.2) is 65.6 Å². The summed E-state index contributed by atoms with van der Waals surface area (Å²) in [6, 6.07) is 13.6. The van der Waals surface area contributed by atoms with Crippen LogP contribution >= 0.6 is 0 Å². The first kappa shape index (κ1) is 27.8. The number of rotatable bonds is 10. The van der Waals surface area contributed by atoms with Crippen LogP contribution in [0.25, 0.3) is 21.9 Å². The maximum absolute atomic E-state index is 12.8. The van der Waals surface area contributed by atoms with Crippen LogP contribution < -0.4 is 27.7 Å². The zero-order valence-electron chi connectivity index (χ0n) is 22.2. The van der Waals surface area contributed by atoms with Crippen molar-refractivity contribution in [3.63, 3.8) is 0 Å². The summed E-state index contributed by atoms with van der Waals surface area (Å²) in [4.78, 5) is 53.6. The Labute approximate surface area is 238 Å². The van der Waals surface area contributed by atoms with Crippen molar-refractivity contribution in [3.05, 3.63) is 82.4 Å². The Morgan fingerprint density at radius 3 is 2.55 bits per heavy atom. The highest BCUT2D eigenvalue weighted by molar-refractivity contribution is 5.96. The smallest absolute Gasteiger partial charge is 0.326 e. The maximum atomic E-state index is 12.8. The number of carbonyl (C=O) groups is 2. The number of fused-ring (bicyclic) bond motifs is 2. The molecule has 0 bridgehead atoms. The lowest BCUT2D eigenvalue weighted by atomic mass is 10.1. The number of pyridine rings is 1. The van der Waals surface area contributed by atoms with E-state index in [1.54, 1.807) is 48.5 Å². The van der Waals surface area contributed by atoms with Gasteiger partial charge in [-0.15, -0.1) is 0 Å². The molecule has 42 heavy (non-hydrogen) atoms. The molecule has 0 aliphatic rings. The van der Waals surface area contributed by atoms with Gasteiger partial charge < -0.3 is 32.3 Å². The largest absolute Gasteiger partial charge is 0.494 e. The number of nitrogens with one attached hydrogen (secondary N) is 2. The Balaban J connectivity index is 1.17. The highest BCUT2D eigenvalue weighted by Crippen LogP contribution is 2.22. The van der Waals surface area contributed by atoms with E-state index in [1.807, 2.05) is 0 Å². The number of aromatic hydroxyl groups is 1. The molecule has 0 fully saturated rings. The SMILES string of the molecule is Nc1nc(N)c2nc(CNc3ccc(C(=O)N[C@@H](CCCn4c(O)c5ccccc5cc4=O)C(=O)O)cc3)cnc2n1. The van der Waals surface area contributed by atoms with E-state index < -0.39 is 23.5 Å². The number of nitrogens with two attached hydrogens (primary N) is 2. The molecular weight excluding hydrogens is 542 g/mol. The van der Waals surface area contributed by atoms with Crippen LogP contribution in [0.2, 0.25) is 0 Å². The van der Waals surface area contributed by atoms with E-state index in [9.17, 15) is 24.6 Å². The third-order valence-corrected chi connectivity index (χ3v) is 6.60. The zero-order valence-corrected chi connectivity index (χ0v) is 22.2. The van der Waals surface area contributed by atoms with Crippen molar-refractivity contribution in [2.45, 2.75) is 32.0 Å². The van der Waals surface area contributed by atoms with Gasteiger partial charge in [0.1, 0.15) is 6.04 Å². The Kier molecular flexibility index (Phi) is 7.77. The average Bonchev–Trinajstić information content (AvgIpc) is 2.97. The number of anilines is 3. The highest BCUT2D eigenvalue weighted by atomic mass is 16.4. The molecule has 5 rings (SSSR count). The van der Waals surface area contributed by atoms with Gasteiger partial charge in [-0.25, -0.2) is 14.8 Å². The van der Waals surface area contributed by atoms with E-state index in [0.717, 1.165) is 0 Å². The number of nitrogen functional groups attached to an aromatic ring is 2. The van der Waals surface area contributed by atoms with Gasteiger partial charge in [0.25, 0.3) is 11.5 Å². The van der Waals surface area contributed by atoms with Crippen LogP contribution in [0.4, 0.5) is 17.5 Å². The van der Waals surface area contributed by atoms with E-state index in [2.05, 4.69) is 30.6 Å². The molecule has 3 aromatic heterocycles. The minimum absolute atomic E-state index is 0.0112. The van der Waals surface area contributed by atoms with Gasteiger partial charge in [0, 0.05) is 29.2 Å². The number of hydrogen-bond donors (Lipinski definition) is 6. The van der Waals surface area contributed by atoms with E-state index in [1.165, 1.54) is 16.8 Å². The molecule has 14 nitrogen and oxygen atoms in total. The number of carbonyl (C=O) groups excluding carboxylic acids is 1. The first-order valence-electron chi connectivity index (χ1n) is 12.9. The lowest BCUT2D eigenvalue weighted by molar-refractivity contribution is -0.139. The summed E-state index contributed by atoms with van der Waals surface area (Å²) in [6.07, 6.45) is 1.82. The molecule has 214 valence electrons. The van der Waals surface area contributed by atoms with Crippen molar-refractivity contribution in [2.24, 2.45) is 0 Å². The molecule has 14 heteroatoms. The first-order valence-corrected chi connectivity index (χ1v) is 12.9. The van der Waals surface area contributed by atoms with Crippen molar-refractivity contribution in [2.75, 3.05) is 16.8 Å². The molecule has 2 aromatic carbocycles. The van der Waals surface area contributed by atoms with E-state index in [0.29, 0.717) is 39.9 Å². The fraction of sp³-hybridized carbons (Fsp3) is 0.179. The number of hydrogen-bond acceptors (Lipinski definition) is 11. The summed E-state index contributed by atoms with van der Waals surface area (Å²) in [7, 11) is 0. The molecule has 0 aliphatic carbocycles. The molecule has 8 N–H and O–H groups in total. The van der Waals surface area contributed by atoms with Crippen LogP contribution in [0.1, 0.15) is 28.9 Å². The van der Waals surface area contributed by atoms with Gasteiger partial charge in [-0.1, -0.05) is 18.2 Å². The molecule has 0 unspecified atom stereocenters. The number of aromatic nitrogens is 5. The predicted octanol–water partition coefficient (Wildman–Crippen LogP) is 1.88. The maximum Gasteiger partial charge on any atom is 0.326 e. The quantitative estimate of drug-likeness (QED) is 0.142. The van der Waals surface area contributed by atoms with Gasteiger partial charge >= 0.3 is 5.97 Å². The van der Waals surface area contributed by atoms with Gasteiger partial charge in [0.05, 0.1) is 18.4 Å². The molecule has 1 amide bonds. The number of nitrogens with zero attached hydrogens (tertiary/aromatic N) is 5. The lowest BCUT2D eigenvalue weighted by Crippen LogP contribution is -2.41. The van der Waals surface area contributed by atoms with Crippen LogP contribution in [-0.2, 0) is 17.9 Å². The van der Waals surface area contributed by atoms with Crippen molar-refractivity contribution >= 4 is 51.3 Å². The van der Waals surface area contributed by atoms with Gasteiger partial charge in [-0.2, -0.15) is 9.97 Å². The van der Waals surface area contributed by atoms with Crippen LogP contribution in [0.3, 0.4) is 0 Å². The third-order valence-electron chi connectivity index (χ3n) is 6.60. The molecule has 1 atom stereocenters. The van der Waals surface area contributed by atoms with E-state index in [4.69, 9.17) is 11.5 Å². The van der Waals surface area contributed by atoms with Crippen molar-refractivity contribution in [1.82, 2.24) is 29.8 Å². The normalized spacial score (nSPS) is 11.8. The molecule has 0 radical (unpaired) electrons.